The first-order valence-corrected chi connectivity index (χ1v) is 7.54. The van der Waals surface area contributed by atoms with Crippen molar-refractivity contribution in [3.05, 3.63) is 34.9 Å². The van der Waals surface area contributed by atoms with Crippen LogP contribution in [-0.2, 0) is 17.8 Å². The monoisotopic (exact) mass is 288 g/mol. The van der Waals surface area contributed by atoms with Crippen LogP contribution in [0.5, 0.6) is 0 Å². The maximum absolute atomic E-state index is 12.5. The van der Waals surface area contributed by atoms with Crippen molar-refractivity contribution in [3.8, 4) is 0 Å². The number of nitrogens with one attached hydrogen (secondary N) is 1. The van der Waals surface area contributed by atoms with E-state index < -0.39 is 5.91 Å². The minimum Gasteiger partial charge on any atom is -0.338 e. The Labute approximate surface area is 123 Å². The van der Waals surface area contributed by atoms with Crippen molar-refractivity contribution in [1.82, 2.24) is 10.4 Å². The van der Waals surface area contributed by atoms with E-state index in [-0.39, 0.29) is 11.8 Å². The molecule has 0 saturated heterocycles. The van der Waals surface area contributed by atoms with Crippen molar-refractivity contribution in [2.45, 2.75) is 38.6 Å². The number of amides is 2. The molecule has 0 aromatic heterocycles. The highest BCUT2D eigenvalue weighted by Crippen LogP contribution is 2.29. The molecule has 0 radical (unpaired) electrons. The van der Waals surface area contributed by atoms with Crippen LogP contribution in [0.1, 0.15) is 47.2 Å². The summed E-state index contributed by atoms with van der Waals surface area (Å²) in [6, 6.07) is 5.38. The molecule has 0 unspecified atom stereocenters. The lowest BCUT2D eigenvalue weighted by Gasteiger charge is -2.31. The predicted octanol–water partition coefficient (Wildman–Crippen LogP) is 1.88. The van der Waals surface area contributed by atoms with Crippen LogP contribution < -0.4 is 5.48 Å². The van der Waals surface area contributed by atoms with E-state index in [4.69, 9.17) is 5.21 Å². The number of hydroxylamine groups is 1. The molecule has 0 atom stereocenters. The molecule has 1 fully saturated rings. The van der Waals surface area contributed by atoms with Gasteiger partial charge in [0.25, 0.3) is 5.91 Å². The van der Waals surface area contributed by atoms with Crippen LogP contribution in [0.25, 0.3) is 0 Å². The second kappa shape index (κ2) is 5.85. The van der Waals surface area contributed by atoms with E-state index in [1.54, 1.807) is 17.6 Å². The lowest BCUT2D eigenvalue weighted by Crippen LogP contribution is -2.39. The third kappa shape index (κ3) is 2.78. The molecule has 1 heterocycles. The molecule has 5 nitrogen and oxygen atoms in total. The molecule has 1 saturated carbocycles. The third-order valence-corrected chi connectivity index (χ3v) is 4.60. The summed E-state index contributed by atoms with van der Waals surface area (Å²) >= 11 is 0. The van der Waals surface area contributed by atoms with Gasteiger partial charge in [-0.3, -0.25) is 14.8 Å². The lowest BCUT2D eigenvalue weighted by molar-refractivity contribution is -0.136. The number of hydrogen-bond acceptors (Lipinski definition) is 3. The van der Waals surface area contributed by atoms with Crippen molar-refractivity contribution in [2.24, 2.45) is 5.92 Å². The van der Waals surface area contributed by atoms with Gasteiger partial charge in [0.05, 0.1) is 0 Å². The van der Waals surface area contributed by atoms with Gasteiger partial charge in [0, 0.05) is 24.6 Å². The number of rotatable bonds is 2. The Bertz CT molecular complexity index is 565. The highest BCUT2D eigenvalue weighted by atomic mass is 16.5. The molecule has 2 aliphatic rings. The standard InChI is InChI=1S/C16H20N2O3/c19-15(17-21)13-5-6-14-10-18(8-7-12(14)9-13)16(20)11-3-1-2-4-11/h5-6,9,11,21H,1-4,7-8,10H2,(H,17,19). The number of fused-ring (bicyclic) bond motifs is 1. The molecular formula is C16H20N2O3. The summed E-state index contributed by atoms with van der Waals surface area (Å²) < 4.78 is 0. The maximum atomic E-state index is 12.5. The molecule has 1 aromatic carbocycles. The van der Waals surface area contributed by atoms with Crippen molar-refractivity contribution < 1.29 is 14.8 Å². The molecule has 1 aliphatic heterocycles. The summed E-state index contributed by atoms with van der Waals surface area (Å²) in [6.07, 6.45) is 5.15. The largest absolute Gasteiger partial charge is 0.338 e. The fourth-order valence-electron chi connectivity index (χ4n) is 3.38. The van der Waals surface area contributed by atoms with Crippen molar-refractivity contribution in [2.75, 3.05) is 6.54 Å². The topological polar surface area (TPSA) is 69.6 Å². The van der Waals surface area contributed by atoms with Gasteiger partial charge in [-0.05, 0) is 42.5 Å². The summed E-state index contributed by atoms with van der Waals surface area (Å²) in [5.74, 6) is 0.00331. The summed E-state index contributed by atoms with van der Waals surface area (Å²) in [6.45, 7) is 1.35. The SMILES string of the molecule is O=C(NO)c1ccc2c(c1)CCN(C(=O)C1CCCC1)C2. The maximum Gasteiger partial charge on any atom is 0.274 e. The predicted molar refractivity (Wildman–Crippen MR) is 76.8 cm³/mol. The molecule has 3 rings (SSSR count). The normalized spacial score (nSPS) is 18.4. The van der Waals surface area contributed by atoms with E-state index in [0.717, 1.165) is 30.4 Å². The lowest BCUT2D eigenvalue weighted by atomic mass is 9.95. The second-order valence-corrected chi connectivity index (χ2v) is 5.92. The Morgan fingerprint density at radius 1 is 1.19 bits per heavy atom. The van der Waals surface area contributed by atoms with E-state index in [1.165, 1.54) is 12.8 Å². The number of carbonyl (C=O) groups excluding carboxylic acids is 2. The van der Waals surface area contributed by atoms with Crippen LogP contribution >= 0.6 is 0 Å². The van der Waals surface area contributed by atoms with E-state index >= 15 is 0 Å². The molecule has 0 bridgehead atoms. The fourth-order valence-corrected chi connectivity index (χ4v) is 3.38. The first-order chi connectivity index (χ1) is 10.2. The highest BCUT2D eigenvalue weighted by Gasteiger charge is 2.29. The Morgan fingerprint density at radius 2 is 1.95 bits per heavy atom. The average Bonchev–Trinajstić information content (AvgIpc) is 3.06. The van der Waals surface area contributed by atoms with Crippen LogP contribution in [0.4, 0.5) is 0 Å². The number of carbonyl (C=O) groups is 2. The number of nitrogens with zero attached hydrogens (tertiary/aromatic N) is 1. The molecule has 2 amide bonds. The second-order valence-electron chi connectivity index (χ2n) is 5.92. The third-order valence-electron chi connectivity index (χ3n) is 4.60. The zero-order valence-corrected chi connectivity index (χ0v) is 12.0. The van der Waals surface area contributed by atoms with Crippen LogP contribution in [0, 0.1) is 5.92 Å². The Hall–Kier alpha value is -1.88. The molecule has 112 valence electrons. The van der Waals surface area contributed by atoms with Crippen molar-refractivity contribution >= 4 is 11.8 Å². The zero-order valence-electron chi connectivity index (χ0n) is 12.0. The van der Waals surface area contributed by atoms with Gasteiger partial charge in [0.15, 0.2) is 0 Å². The molecule has 2 N–H and O–H groups in total. The molecule has 1 aliphatic carbocycles. The summed E-state index contributed by atoms with van der Waals surface area (Å²) in [4.78, 5) is 25.8. The Morgan fingerprint density at radius 3 is 2.67 bits per heavy atom. The first-order valence-electron chi connectivity index (χ1n) is 7.54. The first kappa shape index (κ1) is 14.1. The van der Waals surface area contributed by atoms with Crippen molar-refractivity contribution in [3.63, 3.8) is 0 Å². The Balaban J connectivity index is 1.73. The minimum atomic E-state index is -0.498. The van der Waals surface area contributed by atoms with Crippen LogP contribution in [0.15, 0.2) is 18.2 Å². The van der Waals surface area contributed by atoms with Gasteiger partial charge in [-0.25, -0.2) is 5.48 Å². The van der Waals surface area contributed by atoms with E-state index in [2.05, 4.69) is 0 Å². The quantitative estimate of drug-likeness (QED) is 0.645. The van der Waals surface area contributed by atoms with Crippen molar-refractivity contribution in [1.29, 1.82) is 0 Å². The van der Waals surface area contributed by atoms with Gasteiger partial charge < -0.3 is 4.90 Å². The Kier molecular flexibility index (Phi) is 3.92. The molecule has 21 heavy (non-hydrogen) atoms. The molecule has 0 spiro atoms. The van der Waals surface area contributed by atoms with Gasteiger partial charge in [-0.2, -0.15) is 0 Å². The van der Waals surface area contributed by atoms with Crippen LogP contribution in [0.3, 0.4) is 0 Å². The van der Waals surface area contributed by atoms with E-state index in [9.17, 15) is 9.59 Å². The summed E-state index contributed by atoms with van der Waals surface area (Å²) in [5.41, 5.74) is 4.29. The van der Waals surface area contributed by atoms with Gasteiger partial charge >= 0.3 is 0 Å². The summed E-state index contributed by atoms with van der Waals surface area (Å²) in [7, 11) is 0. The number of hydrogen-bond donors (Lipinski definition) is 2. The smallest absolute Gasteiger partial charge is 0.274 e. The minimum absolute atomic E-state index is 0.214. The average molecular weight is 288 g/mol. The van der Waals surface area contributed by atoms with Crippen LogP contribution in [0.2, 0.25) is 0 Å². The fraction of sp³-hybridized carbons (Fsp3) is 0.500. The molecule has 1 aromatic rings. The highest BCUT2D eigenvalue weighted by molar-refractivity contribution is 5.93. The zero-order chi connectivity index (χ0) is 14.8. The molecular weight excluding hydrogens is 268 g/mol. The van der Waals surface area contributed by atoms with E-state index in [0.29, 0.717) is 18.7 Å². The number of benzene rings is 1. The summed E-state index contributed by atoms with van der Waals surface area (Å²) in [5, 5.41) is 8.68. The van der Waals surface area contributed by atoms with Gasteiger partial charge in [-0.1, -0.05) is 18.9 Å². The van der Waals surface area contributed by atoms with Gasteiger partial charge in [-0.15, -0.1) is 0 Å². The molecule has 5 heteroatoms. The van der Waals surface area contributed by atoms with E-state index in [1.807, 2.05) is 11.0 Å². The van der Waals surface area contributed by atoms with Gasteiger partial charge in [0.2, 0.25) is 5.91 Å². The van der Waals surface area contributed by atoms with Crippen LogP contribution in [-0.4, -0.2) is 28.5 Å². The van der Waals surface area contributed by atoms with Gasteiger partial charge in [0.1, 0.15) is 0 Å².